The van der Waals surface area contributed by atoms with E-state index >= 15 is 0 Å². The van der Waals surface area contributed by atoms with Gasteiger partial charge >= 0.3 is 5.97 Å². The quantitative estimate of drug-likeness (QED) is 0.894. The number of aromatic nitrogens is 1. The minimum absolute atomic E-state index is 0.169. The van der Waals surface area contributed by atoms with E-state index in [9.17, 15) is 14.7 Å². The fraction of sp³-hybridized carbons (Fsp3) is 0.643. The number of hydrogen-bond donors (Lipinski definition) is 2. The van der Waals surface area contributed by atoms with E-state index in [0.29, 0.717) is 12.8 Å². The maximum atomic E-state index is 12.4. The molecule has 0 saturated heterocycles. The average Bonchev–Trinajstić information content (AvgIpc) is 2.92. The molecule has 1 amide bonds. The molecule has 2 rings (SSSR count). The van der Waals surface area contributed by atoms with Gasteiger partial charge in [0.15, 0.2) is 0 Å². The van der Waals surface area contributed by atoms with Crippen LogP contribution in [0.4, 0.5) is 0 Å². The minimum Gasteiger partial charge on any atom is -0.481 e. The van der Waals surface area contributed by atoms with Gasteiger partial charge < -0.3 is 10.4 Å². The van der Waals surface area contributed by atoms with Gasteiger partial charge in [-0.05, 0) is 26.7 Å². The van der Waals surface area contributed by atoms with Crippen molar-refractivity contribution in [2.24, 2.45) is 11.8 Å². The molecule has 6 heteroatoms. The Morgan fingerprint density at radius 2 is 2.00 bits per heavy atom. The number of nitrogens with zero attached hydrogens (tertiary/aromatic N) is 1. The number of aliphatic carboxylic acids is 1. The van der Waals surface area contributed by atoms with Crippen LogP contribution < -0.4 is 5.32 Å². The molecule has 1 fully saturated rings. The molecule has 1 aliphatic rings. The number of carboxylic acids is 1. The molecule has 1 heterocycles. The van der Waals surface area contributed by atoms with Crippen molar-refractivity contribution >= 4 is 23.2 Å². The zero-order valence-corrected chi connectivity index (χ0v) is 12.6. The number of rotatable bonds is 4. The van der Waals surface area contributed by atoms with Crippen LogP contribution in [-0.2, 0) is 15.1 Å². The lowest BCUT2D eigenvalue weighted by Gasteiger charge is -2.31. The van der Waals surface area contributed by atoms with Gasteiger partial charge in [0, 0.05) is 11.6 Å². The van der Waals surface area contributed by atoms with E-state index in [1.165, 1.54) is 11.3 Å². The summed E-state index contributed by atoms with van der Waals surface area (Å²) in [6, 6.07) is 0. The lowest BCUT2D eigenvalue weighted by Crippen LogP contribution is -2.47. The van der Waals surface area contributed by atoms with Crippen molar-refractivity contribution in [2.45, 2.75) is 45.1 Å². The normalized spacial score (nSPS) is 23.3. The number of nitrogens with one attached hydrogen (secondary N) is 1. The summed E-state index contributed by atoms with van der Waals surface area (Å²) in [6.07, 6.45) is 4.74. The van der Waals surface area contributed by atoms with E-state index in [0.717, 1.165) is 17.8 Å². The Balaban J connectivity index is 2.08. The van der Waals surface area contributed by atoms with E-state index in [1.807, 2.05) is 19.2 Å². The second kappa shape index (κ2) is 5.91. The molecule has 20 heavy (non-hydrogen) atoms. The number of carbonyl (C=O) groups excluding carboxylic acids is 1. The summed E-state index contributed by atoms with van der Waals surface area (Å²) in [7, 11) is 0. The SMILES string of the molecule is CC(C)(NC(=O)C1CCCCC1C(=O)O)c1nccs1. The van der Waals surface area contributed by atoms with Gasteiger partial charge in [0.2, 0.25) is 5.91 Å². The highest BCUT2D eigenvalue weighted by Gasteiger charge is 2.38. The summed E-state index contributed by atoms with van der Waals surface area (Å²) in [4.78, 5) is 27.9. The summed E-state index contributed by atoms with van der Waals surface area (Å²) >= 11 is 1.48. The molecule has 1 saturated carbocycles. The fourth-order valence-corrected chi connectivity index (χ4v) is 3.44. The molecule has 2 atom stereocenters. The van der Waals surface area contributed by atoms with Crippen LogP contribution in [0.15, 0.2) is 11.6 Å². The highest BCUT2D eigenvalue weighted by atomic mass is 32.1. The third kappa shape index (κ3) is 3.17. The highest BCUT2D eigenvalue weighted by molar-refractivity contribution is 7.09. The molecule has 110 valence electrons. The second-order valence-corrected chi connectivity index (χ2v) is 6.68. The molecule has 2 unspecified atom stereocenters. The first-order valence-corrected chi connectivity index (χ1v) is 7.74. The van der Waals surface area contributed by atoms with Crippen molar-refractivity contribution < 1.29 is 14.7 Å². The van der Waals surface area contributed by atoms with E-state index in [2.05, 4.69) is 10.3 Å². The van der Waals surface area contributed by atoms with E-state index in [1.54, 1.807) is 6.20 Å². The van der Waals surface area contributed by atoms with Crippen LogP contribution in [-0.4, -0.2) is 22.0 Å². The maximum absolute atomic E-state index is 12.4. The molecule has 0 spiro atoms. The summed E-state index contributed by atoms with van der Waals surface area (Å²) in [5.74, 6) is -2.02. The third-order valence-corrected chi connectivity index (χ3v) is 4.92. The second-order valence-electron chi connectivity index (χ2n) is 5.79. The Morgan fingerprint density at radius 1 is 1.35 bits per heavy atom. The molecule has 0 radical (unpaired) electrons. The van der Waals surface area contributed by atoms with Crippen LogP contribution in [0.25, 0.3) is 0 Å². The number of thiazole rings is 1. The first-order chi connectivity index (χ1) is 9.42. The first kappa shape index (κ1) is 15.0. The molecule has 1 aromatic heterocycles. The van der Waals surface area contributed by atoms with Gasteiger partial charge in [-0.15, -0.1) is 11.3 Å². The van der Waals surface area contributed by atoms with Crippen molar-refractivity contribution in [1.29, 1.82) is 0 Å². The lowest BCUT2D eigenvalue weighted by molar-refractivity contribution is -0.149. The zero-order valence-electron chi connectivity index (χ0n) is 11.8. The maximum Gasteiger partial charge on any atom is 0.307 e. The molecular formula is C14H20N2O3S. The molecular weight excluding hydrogens is 276 g/mol. The number of amides is 1. The molecule has 0 aromatic carbocycles. The number of carboxylic acid groups (broad SMARTS) is 1. The zero-order chi connectivity index (χ0) is 14.8. The smallest absolute Gasteiger partial charge is 0.307 e. The van der Waals surface area contributed by atoms with Gasteiger partial charge in [-0.1, -0.05) is 12.8 Å². The predicted octanol–water partition coefficient (Wildman–Crippen LogP) is 2.39. The van der Waals surface area contributed by atoms with Gasteiger partial charge in [-0.3, -0.25) is 9.59 Å². The van der Waals surface area contributed by atoms with Crippen molar-refractivity contribution in [3.8, 4) is 0 Å². The van der Waals surface area contributed by atoms with Crippen molar-refractivity contribution in [3.63, 3.8) is 0 Å². The van der Waals surface area contributed by atoms with Crippen molar-refractivity contribution in [3.05, 3.63) is 16.6 Å². The van der Waals surface area contributed by atoms with Gasteiger partial charge in [-0.25, -0.2) is 4.98 Å². The highest BCUT2D eigenvalue weighted by Crippen LogP contribution is 2.32. The lowest BCUT2D eigenvalue weighted by atomic mass is 9.78. The van der Waals surface area contributed by atoms with Gasteiger partial charge in [0.25, 0.3) is 0 Å². The van der Waals surface area contributed by atoms with Gasteiger partial charge in [0.05, 0.1) is 17.4 Å². The first-order valence-electron chi connectivity index (χ1n) is 6.86. The van der Waals surface area contributed by atoms with Crippen LogP contribution in [0.2, 0.25) is 0 Å². The summed E-state index contributed by atoms with van der Waals surface area (Å²) in [5.41, 5.74) is -0.564. The van der Waals surface area contributed by atoms with Crippen molar-refractivity contribution in [2.75, 3.05) is 0 Å². The summed E-state index contributed by atoms with van der Waals surface area (Å²) in [5, 5.41) is 14.9. The Kier molecular flexibility index (Phi) is 4.42. The third-order valence-electron chi connectivity index (χ3n) is 3.82. The van der Waals surface area contributed by atoms with Crippen LogP contribution >= 0.6 is 11.3 Å². The molecule has 1 aromatic rings. The number of hydrogen-bond acceptors (Lipinski definition) is 4. The summed E-state index contributed by atoms with van der Waals surface area (Å²) in [6.45, 7) is 3.78. The molecule has 5 nitrogen and oxygen atoms in total. The standard InChI is InChI=1S/C14H20N2O3S/c1-14(2,13-15-7-8-20-13)16-11(17)9-5-3-4-6-10(9)12(18)19/h7-10H,3-6H2,1-2H3,(H,16,17)(H,18,19). The monoisotopic (exact) mass is 296 g/mol. The molecule has 1 aliphatic carbocycles. The minimum atomic E-state index is -0.864. The topological polar surface area (TPSA) is 79.3 Å². The molecule has 2 N–H and O–H groups in total. The average molecular weight is 296 g/mol. The van der Waals surface area contributed by atoms with Crippen molar-refractivity contribution in [1.82, 2.24) is 10.3 Å². The van der Waals surface area contributed by atoms with Gasteiger partial charge in [0.1, 0.15) is 5.01 Å². The molecule has 0 aliphatic heterocycles. The molecule has 0 bridgehead atoms. The Labute approximate surface area is 122 Å². The van der Waals surface area contributed by atoms with Crippen LogP contribution in [0.5, 0.6) is 0 Å². The van der Waals surface area contributed by atoms with Crippen LogP contribution in [0.1, 0.15) is 44.5 Å². The Morgan fingerprint density at radius 3 is 2.55 bits per heavy atom. The van der Waals surface area contributed by atoms with E-state index < -0.39 is 23.3 Å². The van der Waals surface area contributed by atoms with E-state index in [-0.39, 0.29) is 5.91 Å². The van der Waals surface area contributed by atoms with Crippen LogP contribution in [0, 0.1) is 11.8 Å². The number of carbonyl (C=O) groups is 2. The summed E-state index contributed by atoms with van der Waals surface area (Å²) < 4.78 is 0. The largest absolute Gasteiger partial charge is 0.481 e. The van der Waals surface area contributed by atoms with E-state index in [4.69, 9.17) is 0 Å². The Hall–Kier alpha value is -1.43. The predicted molar refractivity (Wildman–Crippen MR) is 76.4 cm³/mol. The van der Waals surface area contributed by atoms with Gasteiger partial charge in [-0.2, -0.15) is 0 Å². The Bertz CT molecular complexity index is 485. The fourth-order valence-electron chi connectivity index (χ4n) is 2.73. The van der Waals surface area contributed by atoms with Crippen LogP contribution in [0.3, 0.4) is 0 Å².